The third-order valence-electron chi connectivity index (χ3n) is 12.8. The molecule has 13 atom stereocenters. The molecule has 4 rings (SSSR count). The molecule has 10 heteroatoms. The number of hydrogen-bond donors (Lipinski definition) is 3. The van der Waals surface area contributed by atoms with Crippen molar-refractivity contribution in [2.45, 2.75) is 168 Å². The van der Waals surface area contributed by atoms with E-state index >= 15 is 0 Å². The van der Waals surface area contributed by atoms with E-state index in [1.807, 2.05) is 32.9 Å². The van der Waals surface area contributed by atoms with Crippen LogP contribution in [0, 0.1) is 35.5 Å². The Bertz CT molecular complexity index is 1360. The Kier molecular flexibility index (Phi) is 15.5. The third-order valence-corrected chi connectivity index (χ3v) is 12.8. The lowest BCUT2D eigenvalue weighted by Gasteiger charge is -2.46. The van der Waals surface area contributed by atoms with Gasteiger partial charge >= 0.3 is 5.97 Å². The van der Waals surface area contributed by atoms with Gasteiger partial charge in [0.2, 0.25) is 0 Å². The van der Waals surface area contributed by atoms with Crippen LogP contribution in [-0.4, -0.2) is 93.9 Å². The number of nitrogens with zero attached hydrogens (tertiary/aromatic N) is 1. The largest absolute Gasteiger partial charge is 0.456 e. The van der Waals surface area contributed by atoms with Crippen LogP contribution in [0.2, 0.25) is 0 Å². The van der Waals surface area contributed by atoms with Gasteiger partial charge in [0.25, 0.3) is 5.91 Å². The first-order chi connectivity index (χ1) is 25.0. The minimum atomic E-state index is -1.87. The molecular formula is C43H69NO9. The van der Waals surface area contributed by atoms with Gasteiger partial charge in [-0.2, -0.15) is 0 Å². The highest BCUT2D eigenvalue weighted by molar-refractivity contribution is 5.97. The first kappa shape index (κ1) is 43.4. The van der Waals surface area contributed by atoms with Crippen LogP contribution in [0.1, 0.15) is 126 Å². The molecule has 2 bridgehead atoms. The van der Waals surface area contributed by atoms with Crippen molar-refractivity contribution in [1.29, 1.82) is 0 Å². The van der Waals surface area contributed by atoms with Crippen molar-refractivity contribution in [2.24, 2.45) is 35.5 Å². The molecule has 0 radical (unpaired) electrons. The van der Waals surface area contributed by atoms with Gasteiger partial charge in [0.05, 0.1) is 30.0 Å². The Labute approximate surface area is 318 Å². The van der Waals surface area contributed by atoms with Gasteiger partial charge in [0.15, 0.2) is 5.79 Å². The predicted molar refractivity (Wildman–Crippen MR) is 204 cm³/mol. The Balaban J connectivity index is 1.73. The zero-order valence-electron chi connectivity index (χ0n) is 33.7. The van der Waals surface area contributed by atoms with E-state index in [0.717, 1.165) is 36.8 Å². The molecule has 0 aromatic heterocycles. The normalized spacial score (nSPS) is 41.8. The van der Waals surface area contributed by atoms with Crippen LogP contribution in [0.3, 0.4) is 0 Å². The van der Waals surface area contributed by atoms with E-state index in [9.17, 15) is 29.7 Å². The molecule has 2 saturated heterocycles. The lowest BCUT2D eigenvalue weighted by Crippen LogP contribution is -2.56. The van der Waals surface area contributed by atoms with Gasteiger partial charge in [-0.05, 0) is 108 Å². The van der Waals surface area contributed by atoms with Gasteiger partial charge < -0.3 is 34.4 Å². The topological polar surface area (TPSA) is 143 Å². The van der Waals surface area contributed by atoms with Crippen LogP contribution in [0.4, 0.5) is 0 Å². The average Bonchev–Trinajstić information content (AvgIpc) is 3.12. The maximum atomic E-state index is 14.3. The van der Waals surface area contributed by atoms with Gasteiger partial charge in [0, 0.05) is 37.8 Å². The number of aliphatic hydroxyl groups excluding tert-OH is 2. The summed E-state index contributed by atoms with van der Waals surface area (Å²) < 4.78 is 18.3. The Morgan fingerprint density at radius 1 is 1.02 bits per heavy atom. The quantitative estimate of drug-likeness (QED) is 0.168. The number of esters is 1. The summed E-state index contributed by atoms with van der Waals surface area (Å²) in [5, 5.41) is 34.1. The number of ether oxygens (including phenoxy) is 3. The maximum absolute atomic E-state index is 14.3. The zero-order chi connectivity index (χ0) is 39.2. The molecule has 1 aliphatic carbocycles. The van der Waals surface area contributed by atoms with Gasteiger partial charge in [-0.15, -0.1) is 0 Å². The molecule has 1 unspecified atom stereocenters. The summed E-state index contributed by atoms with van der Waals surface area (Å²) in [6.07, 6.45) is 8.26. The molecule has 4 aliphatic rings. The fourth-order valence-corrected chi connectivity index (χ4v) is 9.38. The maximum Gasteiger partial charge on any atom is 0.329 e. The van der Waals surface area contributed by atoms with Crippen molar-refractivity contribution in [3.63, 3.8) is 0 Å². The van der Waals surface area contributed by atoms with Crippen molar-refractivity contribution in [2.75, 3.05) is 13.7 Å². The summed E-state index contributed by atoms with van der Waals surface area (Å²) in [5.74, 6) is -3.96. The first-order valence-corrected chi connectivity index (χ1v) is 20.4. The van der Waals surface area contributed by atoms with Crippen molar-refractivity contribution in [3.8, 4) is 0 Å². The van der Waals surface area contributed by atoms with Crippen molar-refractivity contribution in [1.82, 2.24) is 4.90 Å². The summed E-state index contributed by atoms with van der Waals surface area (Å²) in [7, 11) is 1.59. The monoisotopic (exact) mass is 743 g/mol. The van der Waals surface area contributed by atoms with Crippen LogP contribution >= 0.6 is 0 Å². The van der Waals surface area contributed by atoms with Crippen LogP contribution in [0.25, 0.3) is 0 Å². The number of methoxy groups -OCH3 is 1. The second-order valence-electron chi connectivity index (χ2n) is 17.1. The highest BCUT2D eigenvalue weighted by Crippen LogP contribution is 2.42. The molecule has 3 heterocycles. The summed E-state index contributed by atoms with van der Waals surface area (Å²) >= 11 is 0. The molecule has 10 nitrogen and oxygen atoms in total. The summed E-state index contributed by atoms with van der Waals surface area (Å²) in [6.45, 7) is 18.3. The lowest BCUT2D eigenvalue weighted by molar-refractivity contribution is -0.265. The third kappa shape index (κ3) is 10.5. The van der Waals surface area contributed by atoms with Crippen molar-refractivity contribution < 1.29 is 43.9 Å². The molecule has 0 aromatic carbocycles. The highest BCUT2D eigenvalue weighted by atomic mass is 16.6. The predicted octanol–water partition coefficient (Wildman–Crippen LogP) is 6.46. The Hall–Kier alpha value is -2.37. The van der Waals surface area contributed by atoms with Gasteiger partial charge in [-0.25, -0.2) is 4.79 Å². The van der Waals surface area contributed by atoms with Crippen LogP contribution < -0.4 is 0 Å². The minimum absolute atomic E-state index is 0.0546. The van der Waals surface area contributed by atoms with Gasteiger partial charge in [-0.1, -0.05) is 58.9 Å². The molecule has 3 fully saturated rings. The SMILES string of the molecule is C=C1C(=O)N2CCCCC2C(=O)O[C@H](/C(C)=C/[C@@H]2CC[C@@H](O)[C@H](OC)C2)[C@H](C)[C@@H](O)CC(=O)[C@H](CC)/C=C(\C)C[C@H](C)C[C@H](C)[C@@H]2CC[C@@H](C)[C@@]1(O)O2. The lowest BCUT2D eigenvalue weighted by atomic mass is 9.80. The van der Waals surface area contributed by atoms with Crippen LogP contribution in [0.15, 0.2) is 35.5 Å². The number of rotatable bonds is 4. The molecule has 1 amide bonds. The van der Waals surface area contributed by atoms with E-state index in [-0.39, 0.29) is 59.6 Å². The van der Waals surface area contributed by atoms with E-state index in [1.54, 1.807) is 14.0 Å². The Morgan fingerprint density at radius 2 is 1.74 bits per heavy atom. The van der Waals surface area contributed by atoms with E-state index in [4.69, 9.17) is 14.2 Å². The fraction of sp³-hybridized carbons (Fsp3) is 0.791. The van der Waals surface area contributed by atoms with E-state index < -0.39 is 47.9 Å². The van der Waals surface area contributed by atoms with E-state index in [2.05, 4.69) is 27.4 Å². The molecule has 1 saturated carbocycles. The van der Waals surface area contributed by atoms with Crippen LogP contribution in [0.5, 0.6) is 0 Å². The molecule has 53 heavy (non-hydrogen) atoms. The number of ketones is 1. The number of Topliss-reactive ketones (excluding diaryl/α,β-unsaturated/α-hetero) is 1. The fourth-order valence-electron chi connectivity index (χ4n) is 9.38. The average molecular weight is 744 g/mol. The molecule has 0 spiro atoms. The number of cyclic esters (lactones) is 1. The number of fused-ring (bicyclic) bond motifs is 3. The summed E-state index contributed by atoms with van der Waals surface area (Å²) in [6, 6.07) is -0.915. The molecule has 3 aliphatic heterocycles. The smallest absolute Gasteiger partial charge is 0.329 e. The second kappa shape index (κ2) is 19.0. The molecule has 3 N–H and O–H groups in total. The minimum Gasteiger partial charge on any atom is -0.456 e. The number of carbonyl (C=O) groups excluding carboxylic acids is 3. The molecule has 300 valence electrons. The van der Waals surface area contributed by atoms with E-state index in [0.29, 0.717) is 51.5 Å². The number of aliphatic hydroxyl groups is 3. The standard InChI is InChI=1S/C43H69NO9/c1-10-33-21-26(3)19-25(2)20-27(4)38-17-14-29(6)43(50,53-38)31(8)41(48)44-18-12-11-13-34(44)42(49)52-40(30(7)36(46)24-37(33)47)28(5)22-32-15-16-35(45)39(23-32)51-9/h21-22,25,27,29-30,32-36,38-40,45-46,50H,8,10-20,23-24H2,1-7,9H3/b26-21+,28-22+/t25-,27-,29+,30+,32-,33+,34?,35+,36-,38-,39+,40+,43+/m0/s1. The summed E-state index contributed by atoms with van der Waals surface area (Å²) in [4.78, 5) is 43.8. The second-order valence-corrected chi connectivity index (χ2v) is 17.1. The summed E-state index contributed by atoms with van der Waals surface area (Å²) in [5.41, 5.74) is 1.79. The number of piperidine rings is 1. The van der Waals surface area contributed by atoms with Crippen molar-refractivity contribution >= 4 is 17.7 Å². The molecule has 0 aromatic rings. The Morgan fingerprint density at radius 3 is 2.42 bits per heavy atom. The molecular weight excluding hydrogens is 674 g/mol. The van der Waals surface area contributed by atoms with Crippen LogP contribution in [-0.2, 0) is 28.6 Å². The number of amides is 1. The number of carbonyl (C=O) groups is 3. The number of allylic oxidation sites excluding steroid dienone is 3. The van der Waals surface area contributed by atoms with Gasteiger partial charge in [-0.3, -0.25) is 9.59 Å². The van der Waals surface area contributed by atoms with Crippen molar-refractivity contribution in [3.05, 3.63) is 35.5 Å². The van der Waals surface area contributed by atoms with E-state index in [1.165, 1.54) is 4.90 Å². The number of hydrogen-bond acceptors (Lipinski definition) is 9. The zero-order valence-corrected chi connectivity index (χ0v) is 33.7. The first-order valence-electron chi connectivity index (χ1n) is 20.4. The van der Waals surface area contributed by atoms with Gasteiger partial charge in [0.1, 0.15) is 17.9 Å². The highest BCUT2D eigenvalue weighted by Gasteiger charge is 2.49.